The van der Waals surface area contributed by atoms with Crippen molar-refractivity contribution in [2.75, 3.05) is 18.8 Å². The number of rotatable bonds is 5. The molecule has 6 nitrogen and oxygen atoms in total. The number of hydrogen-bond donors (Lipinski definition) is 0. The summed E-state index contributed by atoms with van der Waals surface area (Å²) >= 11 is 1.42. The van der Waals surface area contributed by atoms with Crippen LogP contribution in [0.2, 0.25) is 0 Å². The molecule has 1 aliphatic rings. The summed E-state index contributed by atoms with van der Waals surface area (Å²) in [4.78, 5) is 15.2. The SMILES string of the molecule is O=C(CSc1ccc(F)cc1)N1CCC(c2nnc(-c3ccco3)o2)CC1. The first-order valence-corrected chi connectivity index (χ1v) is 9.71. The van der Waals surface area contributed by atoms with E-state index in [1.165, 1.54) is 23.9 Å². The van der Waals surface area contributed by atoms with Crippen LogP contribution in [0.3, 0.4) is 0 Å². The van der Waals surface area contributed by atoms with Crippen LogP contribution in [0.5, 0.6) is 0 Å². The molecular formula is C19H18FN3O3S. The third kappa shape index (κ3) is 4.21. The van der Waals surface area contributed by atoms with Crippen molar-refractivity contribution in [3.05, 3.63) is 54.4 Å². The maximum absolute atomic E-state index is 12.9. The van der Waals surface area contributed by atoms with Crippen LogP contribution < -0.4 is 0 Å². The van der Waals surface area contributed by atoms with E-state index in [9.17, 15) is 9.18 Å². The van der Waals surface area contributed by atoms with E-state index < -0.39 is 0 Å². The fraction of sp³-hybridized carbons (Fsp3) is 0.316. The number of halogens is 1. The molecule has 0 atom stereocenters. The molecule has 0 unspecified atom stereocenters. The Balaban J connectivity index is 1.28. The normalized spacial score (nSPS) is 15.2. The monoisotopic (exact) mass is 387 g/mol. The zero-order valence-corrected chi connectivity index (χ0v) is 15.3. The lowest BCUT2D eigenvalue weighted by atomic mass is 9.97. The Bertz CT molecular complexity index is 887. The van der Waals surface area contributed by atoms with Gasteiger partial charge < -0.3 is 13.7 Å². The quantitative estimate of drug-likeness (QED) is 0.617. The molecule has 8 heteroatoms. The van der Waals surface area contributed by atoms with Crippen molar-refractivity contribution in [2.24, 2.45) is 0 Å². The Morgan fingerprint density at radius 2 is 1.96 bits per heavy atom. The van der Waals surface area contributed by atoms with Gasteiger partial charge in [-0.3, -0.25) is 4.79 Å². The minimum Gasteiger partial charge on any atom is -0.459 e. The first kappa shape index (κ1) is 17.8. The Morgan fingerprint density at radius 1 is 1.19 bits per heavy atom. The first-order chi connectivity index (χ1) is 13.2. The summed E-state index contributed by atoms with van der Waals surface area (Å²) in [6, 6.07) is 9.72. The van der Waals surface area contributed by atoms with E-state index >= 15 is 0 Å². The fourth-order valence-corrected chi connectivity index (χ4v) is 3.84. The van der Waals surface area contributed by atoms with Crippen molar-refractivity contribution in [1.29, 1.82) is 0 Å². The van der Waals surface area contributed by atoms with Crippen LogP contribution in [-0.2, 0) is 4.79 Å². The highest BCUT2D eigenvalue weighted by Crippen LogP contribution is 2.30. The lowest BCUT2D eigenvalue weighted by Gasteiger charge is -2.30. The van der Waals surface area contributed by atoms with Crippen molar-refractivity contribution >= 4 is 17.7 Å². The molecule has 3 heterocycles. The lowest BCUT2D eigenvalue weighted by molar-refractivity contribution is -0.129. The van der Waals surface area contributed by atoms with Crippen molar-refractivity contribution in [1.82, 2.24) is 15.1 Å². The zero-order valence-electron chi connectivity index (χ0n) is 14.5. The third-order valence-electron chi connectivity index (χ3n) is 4.55. The van der Waals surface area contributed by atoms with Crippen LogP contribution in [0.1, 0.15) is 24.7 Å². The average molecular weight is 387 g/mol. The molecule has 0 aliphatic carbocycles. The number of amides is 1. The number of aromatic nitrogens is 2. The average Bonchev–Trinajstić information content (AvgIpc) is 3.39. The molecule has 0 bridgehead atoms. The molecule has 1 fully saturated rings. The van der Waals surface area contributed by atoms with Gasteiger partial charge in [0.15, 0.2) is 5.76 Å². The van der Waals surface area contributed by atoms with Crippen LogP contribution in [0.15, 0.2) is 56.4 Å². The number of likely N-dealkylation sites (tertiary alicyclic amines) is 1. The smallest absolute Gasteiger partial charge is 0.283 e. The molecule has 2 aromatic heterocycles. The summed E-state index contributed by atoms with van der Waals surface area (Å²) in [6.45, 7) is 1.32. The van der Waals surface area contributed by atoms with Crippen molar-refractivity contribution in [3.63, 3.8) is 0 Å². The van der Waals surface area contributed by atoms with Crippen molar-refractivity contribution < 1.29 is 18.0 Å². The van der Waals surface area contributed by atoms with Gasteiger partial charge in [-0.25, -0.2) is 4.39 Å². The van der Waals surface area contributed by atoms with Gasteiger partial charge in [0, 0.05) is 23.9 Å². The van der Waals surface area contributed by atoms with Gasteiger partial charge in [0.2, 0.25) is 11.8 Å². The summed E-state index contributed by atoms with van der Waals surface area (Å²) in [5.41, 5.74) is 0. The Hall–Kier alpha value is -2.61. The summed E-state index contributed by atoms with van der Waals surface area (Å²) in [5, 5.41) is 8.17. The van der Waals surface area contributed by atoms with Gasteiger partial charge in [0.25, 0.3) is 5.89 Å². The van der Waals surface area contributed by atoms with Gasteiger partial charge >= 0.3 is 0 Å². The second-order valence-electron chi connectivity index (χ2n) is 6.32. The van der Waals surface area contributed by atoms with Gasteiger partial charge in [0.05, 0.1) is 12.0 Å². The summed E-state index contributed by atoms with van der Waals surface area (Å²) < 4.78 is 23.9. The minimum absolute atomic E-state index is 0.0876. The minimum atomic E-state index is -0.274. The van der Waals surface area contributed by atoms with E-state index in [1.54, 1.807) is 30.5 Å². The molecule has 1 aliphatic heterocycles. The molecule has 1 aromatic carbocycles. The molecule has 4 rings (SSSR count). The highest BCUT2D eigenvalue weighted by atomic mass is 32.2. The number of piperidine rings is 1. The van der Waals surface area contributed by atoms with E-state index in [1.807, 2.05) is 4.90 Å². The maximum Gasteiger partial charge on any atom is 0.283 e. The molecule has 1 saturated heterocycles. The summed E-state index contributed by atoms with van der Waals surface area (Å²) in [7, 11) is 0. The van der Waals surface area contributed by atoms with Gasteiger partial charge in [-0.15, -0.1) is 22.0 Å². The number of benzene rings is 1. The summed E-state index contributed by atoms with van der Waals surface area (Å²) in [6.07, 6.45) is 3.13. The third-order valence-corrected chi connectivity index (χ3v) is 5.54. The highest BCUT2D eigenvalue weighted by molar-refractivity contribution is 8.00. The number of carbonyl (C=O) groups excluding carboxylic acids is 1. The fourth-order valence-electron chi connectivity index (χ4n) is 3.04. The summed E-state index contributed by atoms with van der Waals surface area (Å²) in [5.74, 6) is 1.83. The van der Waals surface area contributed by atoms with Crippen LogP contribution >= 0.6 is 11.8 Å². The molecule has 3 aromatic rings. The molecule has 0 N–H and O–H groups in total. The second kappa shape index (κ2) is 7.96. The standard InChI is InChI=1S/C19H18FN3O3S/c20-14-3-5-15(6-4-14)27-12-17(24)23-9-7-13(8-10-23)18-21-22-19(26-18)16-2-1-11-25-16/h1-6,11,13H,7-10,12H2. The van der Waals surface area contributed by atoms with E-state index in [2.05, 4.69) is 10.2 Å². The predicted molar refractivity (Wildman–Crippen MR) is 97.7 cm³/mol. The van der Waals surface area contributed by atoms with Crippen LogP contribution in [0, 0.1) is 5.82 Å². The number of nitrogens with zero attached hydrogens (tertiary/aromatic N) is 3. The molecule has 0 radical (unpaired) electrons. The van der Waals surface area contributed by atoms with E-state index in [0.717, 1.165) is 17.7 Å². The molecule has 27 heavy (non-hydrogen) atoms. The zero-order chi connectivity index (χ0) is 18.6. The number of hydrogen-bond acceptors (Lipinski definition) is 6. The van der Waals surface area contributed by atoms with Crippen LogP contribution in [-0.4, -0.2) is 39.8 Å². The van der Waals surface area contributed by atoms with Crippen LogP contribution in [0.4, 0.5) is 4.39 Å². The van der Waals surface area contributed by atoms with E-state index in [4.69, 9.17) is 8.83 Å². The topological polar surface area (TPSA) is 72.4 Å². The van der Waals surface area contributed by atoms with E-state index in [0.29, 0.717) is 36.4 Å². The maximum atomic E-state index is 12.9. The van der Waals surface area contributed by atoms with Crippen LogP contribution in [0.25, 0.3) is 11.7 Å². The number of furan rings is 1. The van der Waals surface area contributed by atoms with Gasteiger partial charge in [-0.05, 0) is 49.2 Å². The molecular weight excluding hydrogens is 369 g/mol. The molecule has 0 saturated carbocycles. The van der Waals surface area contributed by atoms with E-state index in [-0.39, 0.29) is 17.6 Å². The Morgan fingerprint density at radius 3 is 2.67 bits per heavy atom. The van der Waals surface area contributed by atoms with Gasteiger partial charge in [0.1, 0.15) is 5.82 Å². The number of carbonyl (C=O) groups is 1. The predicted octanol–water partition coefficient (Wildman–Crippen LogP) is 3.97. The highest BCUT2D eigenvalue weighted by Gasteiger charge is 2.27. The van der Waals surface area contributed by atoms with Crippen molar-refractivity contribution in [3.8, 4) is 11.7 Å². The van der Waals surface area contributed by atoms with Gasteiger partial charge in [-0.2, -0.15) is 0 Å². The Labute approximate surface area is 159 Å². The largest absolute Gasteiger partial charge is 0.459 e. The van der Waals surface area contributed by atoms with Gasteiger partial charge in [-0.1, -0.05) is 0 Å². The molecule has 140 valence electrons. The van der Waals surface area contributed by atoms with Crippen molar-refractivity contribution in [2.45, 2.75) is 23.7 Å². The lowest BCUT2D eigenvalue weighted by Crippen LogP contribution is -2.39. The Kier molecular flexibility index (Phi) is 5.24. The first-order valence-electron chi connectivity index (χ1n) is 8.72. The second-order valence-corrected chi connectivity index (χ2v) is 7.37. The molecule has 1 amide bonds. The number of thioether (sulfide) groups is 1. The molecule has 0 spiro atoms.